The van der Waals surface area contributed by atoms with E-state index < -0.39 is 31.3 Å². The minimum Gasteiger partial charge on any atom is -0.224 e. The molecule has 2 aromatic carbocycles. The quantitative estimate of drug-likeness (QED) is 0.691. The van der Waals surface area contributed by atoms with E-state index in [-0.39, 0.29) is 14.3 Å². The molecule has 2 rings (SSSR count). The summed E-state index contributed by atoms with van der Waals surface area (Å²) in [5, 5.41) is 0. The highest BCUT2D eigenvalue weighted by Gasteiger charge is 2.09. The molecule has 0 aliphatic rings. The molecule has 0 N–H and O–H groups in total. The summed E-state index contributed by atoms with van der Waals surface area (Å²) in [6, 6.07) is 8.31. The second-order valence-corrected chi connectivity index (χ2v) is 9.46. The molecule has 0 unspecified atom stereocenters. The second kappa shape index (κ2) is 7.50. The van der Waals surface area contributed by atoms with Crippen LogP contribution < -0.4 is 0 Å². The third kappa shape index (κ3) is 6.36. The molecule has 0 radical (unpaired) electrons. The molecule has 0 fully saturated rings. The maximum Gasteiger partial charge on any atom is 0.175 e. The van der Waals surface area contributed by atoms with Crippen LogP contribution in [-0.4, -0.2) is 29.3 Å². The van der Waals surface area contributed by atoms with Gasteiger partial charge in [-0.2, -0.15) is 0 Å². The minimum absolute atomic E-state index is 0.107. The van der Waals surface area contributed by atoms with Gasteiger partial charge in [-0.3, -0.25) is 0 Å². The highest BCUT2D eigenvalue weighted by molar-refractivity contribution is 9.10. The summed E-state index contributed by atoms with van der Waals surface area (Å²) in [6.45, 7) is 0. The first-order valence-electron chi connectivity index (χ1n) is 6.02. The van der Waals surface area contributed by atoms with Gasteiger partial charge in [-0.25, -0.2) is 25.6 Å². The third-order valence-corrected chi connectivity index (χ3v) is 5.41. The van der Waals surface area contributed by atoms with Crippen molar-refractivity contribution < 1.29 is 25.6 Å². The third-order valence-electron chi connectivity index (χ3n) is 2.56. The van der Waals surface area contributed by atoms with Gasteiger partial charge < -0.3 is 0 Å². The molecule has 0 bridgehead atoms. The highest BCUT2D eigenvalue weighted by Crippen LogP contribution is 2.19. The van der Waals surface area contributed by atoms with Gasteiger partial charge >= 0.3 is 0 Å². The van der Waals surface area contributed by atoms with Crippen LogP contribution in [0.5, 0.6) is 0 Å². The Morgan fingerprint density at radius 1 is 0.783 bits per heavy atom. The lowest BCUT2D eigenvalue weighted by molar-refractivity contribution is 0.597. The number of rotatable bonds is 2. The standard InChI is InChI=1S/C7H6BrFO2S.C7H7FO2S/c1-12(10,11)5-2-3-7(9)6(8)4-5;1-11(9,10)7-4-2-6(8)3-5-7/h2-4H,1H3;2-5H,1H3. The van der Waals surface area contributed by atoms with Crippen molar-refractivity contribution in [2.75, 3.05) is 12.5 Å². The van der Waals surface area contributed by atoms with Crippen molar-refractivity contribution in [3.63, 3.8) is 0 Å². The van der Waals surface area contributed by atoms with E-state index in [4.69, 9.17) is 0 Å². The summed E-state index contributed by atoms with van der Waals surface area (Å²) in [5.41, 5.74) is 0. The number of halogens is 3. The predicted octanol–water partition coefficient (Wildman–Crippen LogP) is 3.22. The maximum atomic E-state index is 12.6. The summed E-state index contributed by atoms with van der Waals surface area (Å²) in [7, 11) is -6.42. The van der Waals surface area contributed by atoms with E-state index in [9.17, 15) is 25.6 Å². The van der Waals surface area contributed by atoms with E-state index in [1.165, 1.54) is 24.3 Å². The fourth-order valence-corrected chi connectivity index (χ4v) is 3.20. The van der Waals surface area contributed by atoms with Gasteiger partial charge in [0.25, 0.3) is 0 Å². The molecular formula is C14H13BrF2O4S2. The largest absolute Gasteiger partial charge is 0.224 e. The minimum atomic E-state index is -3.24. The van der Waals surface area contributed by atoms with Gasteiger partial charge in [0.05, 0.1) is 14.3 Å². The fourth-order valence-electron chi connectivity index (χ4n) is 1.39. The summed E-state index contributed by atoms with van der Waals surface area (Å²) in [5.74, 6) is -0.903. The number of hydrogen-bond donors (Lipinski definition) is 0. The van der Waals surface area contributed by atoms with Crippen LogP contribution in [0, 0.1) is 11.6 Å². The lowest BCUT2D eigenvalue weighted by atomic mass is 10.3. The maximum absolute atomic E-state index is 12.6. The van der Waals surface area contributed by atoms with E-state index in [1.807, 2.05) is 0 Å². The van der Waals surface area contributed by atoms with Crippen LogP contribution in [0.25, 0.3) is 0 Å². The molecule has 23 heavy (non-hydrogen) atoms. The Morgan fingerprint density at radius 2 is 1.22 bits per heavy atom. The molecule has 0 aliphatic heterocycles. The molecule has 126 valence electrons. The Hall–Kier alpha value is -1.32. The van der Waals surface area contributed by atoms with E-state index in [1.54, 1.807) is 0 Å². The Balaban J connectivity index is 0.000000231. The number of sulfone groups is 2. The average molecular weight is 427 g/mol. The lowest BCUT2D eigenvalue weighted by Gasteiger charge is -1.98. The molecule has 0 spiro atoms. The fraction of sp³-hybridized carbons (Fsp3) is 0.143. The van der Waals surface area contributed by atoms with Gasteiger partial charge in [-0.05, 0) is 58.4 Å². The van der Waals surface area contributed by atoms with Gasteiger partial charge in [0.15, 0.2) is 19.7 Å². The van der Waals surface area contributed by atoms with Crippen LogP contribution >= 0.6 is 15.9 Å². The Labute approximate surface area is 142 Å². The monoisotopic (exact) mass is 426 g/mol. The van der Waals surface area contributed by atoms with Crippen molar-refractivity contribution in [2.24, 2.45) is 0 Å². The van der Waals surface area contributed by atoms with Crippen molar-refractivity contribution in [2.45, 2.75) is 9.79 Å². The number of hydrogen-bond acceptors (Lipinski definition) is 4. The van der Waals surface area contributed by atoms with Crippen molar-refractivity contribution in [1.82, 2.24) is 0 Å². The van der Waals surface area contributed by atoms with Crippen LogP contribution in [0.1, 0.15) is 0 Å². The van der Waals surface area contributed by atoms with E-state index >= 15 is 0 Å². The topological polar surface area (TPSA) is 68.3 Å². The first-order valence-corrected chi connectivity index (χ1v) is 10.6. The van der Waals surface area contributed by atoms with Crippen LogP contribution in [0.4, 0.5) is 8.78 Å². The average Bonchev–Trinajstić information content (AvgIpc) is 2.41. The van der Waals surface area contributed by atoms with Crippen LogP contribution in [0.3, 0.4) is 0 Å². The first-order chi connectivity index (χ1) is 10.4. The van der Waals surface area contributed by atoms with E-state index in [2.05, 4.69) is 15.9 Å². The predicted molar refractivity (Wildman–Crippen MR) is 86.7 cm³/mol. The highest BCUT2D eigenvalue weighted by atomic mass is 79.9. The summed E-state index contributed by atoms with van der Waals surface area (Å²) < 4.78 is 68.6. The van der Waals surface area contributed by atoms with Gasteiger partial charge in [0.2, 0.25) is 0 Å². The molecule has 0 heterocycles. The molecule has 0 aliphatic carbocycles. The van der Waals surface area contributed by atoms with Gasteiger partial charge in [-0.15, -0.1) is 0 Å². The van der Waals surface area contributed by atoms with Gasteiger partial charge in [-0.1, -0.05) is 0 Å². The van der Waals surface area contributed by atoms with Gasteiger partial charge in [0.1, 0.15) is 11.6 Å². The zero-order valence-electron chi connectivity index (χ0n) is 12.1. The van der Waals surface area contributed by atoms with Crippen LogP contribution in [0.15, 0.2) is 56.7 Å². The first kappa shape index (κ1) is 19.7. The normalized spacial score (nSPS) is 11.5. The lowest BCUT2D eigenvalue weighted by Crippen LogP contribution is -1.97. The SMILES string of the molecule is CS(=O)(=O)c1ccc(F)c(Br)c1.CS(=O)(=O)c1ccc(F)cc1. The molecule has 0 atom stereocenters. The molecule has 4 nitrogen and oxygen atoms in total. The molecule has 2 aromatic rings. The van der Waals surface area contributed by atoms with Crippen LogP contribution in [0.2, 0.25) is 0 Å². The molecular weight excluding hydrogens is 414 g/mol. The van der Waals surface area contributed by atoms with Crippen molar-refractivity contribution in [1.29, 1.82) is 0 Å². The van der Waals surface area contributed by atoms with Crippen LogP contribution in [-0.2, 0) is 19.7 Å². The second-order valence-electron chi connectivity index (χ2n) is 4.57. The van der Waals surface area contributed by atoms with E-state index in [0.29, 0.717) is 0 Å². The van der Waals surface area contributed by atoms with E-state index in [0.717, 1.165) is 30.7 Å². The zero-order valence-corrected chi connectivity index (χ0v) is 15.3. The Kier molecular flexibility index (Phi) is 6.43. The van der Waals surface area contributed by atoms with Crippen molar-refractivity contribution in [3.8, 4) is 0 Å². The zero-order chi connectivity index (χ0) is 17.8. The Bertz CT molecular complexity index is 893. The molecule has 0 amide bonds. The molecule has 0 saturated carbocycles. The summed E-state index contributed by atoms with van der Waals surface area (Å²) >= 11 is 2.90. The summed E-state index contributed by atoms with van der Waals surface area (Å²) in [6.07, 6.45) is 2.16. The van der Waals surface area contributed by atoms with Gasteiger partial charge in [0, 0.05) is 12.5 Å². The number of benzene rings is 2. The molecule has 0 saturated heterocycles. The van der Waals surface area contributed by atoms with Crippen molar-refractivity contribution >= 4 is 35.6 Å². The summed E-state index contributed by atoms with van der Waals surface area (Å²) in [4.78, 5) is 0.245. The van der Waals surface area contributed by atoms with Crippen molar-refractivity contribution in [3.05, 3.63) is 58.6 Å². The molecule has 9 heteroatoms. The Morgan fingerprint density at radius 3 is 1.61 bits per heavy atom. The smallest absolute Gasteiger partial charge is 0.175 e. The molecule has 0 aromatic heterocycles.